The number of esters is 1. The number of carbonyl (C=O) groups excluding carboxylic acids is 4. The Morgan fingerprint density at radius 1 is 0.941 bits per heavy atom. The van der Waals surface area contributed by atoms with E-state index in [-0.39, 0.29) is 37.5 Å². The number of aliphatic hydroxyl groups is 3. The first-order valence-corrected chi connectivity index (χ1v) is 18.1. The molecule has 0 aliphatic carbocycles. The summed E-state index contributed by atoms with van der Waals surface area (Å²) in [6, 6.07) is 5.87. The predicted molar refractivity (Wildman–Crippen MR) is 189 cm³/mol. The van der Waals surface area contributed by atoms with Gasteiger partial charge in [0.05, 0.1) is 48.0 Å². The molecule has 0 unspecified atom stereocenters. The molecule has 0 radical (unpaired) electrons. The summed E-state index contributed by atoms with van der Waals surface area (Å²) in [7, 11) is 3.45. The van der Waals surface area contributed by atoms with Crippen LogP contribution in [-0.4, -0.2) is 118 Å². The number of hydrogen-bond acceptors (Lipinski definition) is 11. The predicted octanol–water partition coefficient (Wildman–Crippen LogP) is 3.53. The number of benzene rings is 1. The lowest BCUT2D eigenvalue weighted by molar-refractivity contribution is -0.304. The van der Waals surface area contributed by atoms with Crippen LogP contribution in [0.5, 0.6) is 0 Å². The molecule has 12 nitrogen and oxygen atoms in total. The lowest BCUT2D eigenvalue weighted by Gasteiger charge is -2.46. The number of rotatable bonds is 7. The lowest BCUT2D eigenvalue weighted by atomic mass is 9.79. The average molecular weight is 713 g/mol. The van der Waals surface area contributed by atoms with Crippen LogP contribution >= 0.6 is 0 Å². The second-order valence-corrected chi connectivity index (χ2v) is 14.8. The van der Waals surface area contributed by atoms with Crippen LogP contribution in [0.15, 0.2) is 48.1 Å². The molecule has 3 aliphatic rings. The summed E-state index contributed by atoms with van der Waals surface area (Å²) in [4.78, 5) is 56.3. The van der Waals surface area contributed by atoms with Crippen LogP contribution in [0, 0.1) is 23.7 Å². The number of cyclic esters (lactones) is 1. The third-order valence-electron chi connectivity index (χ3n) is 10.7. The van der Waals surface area contributed by atoms with Crippen molar-refractivity contribution in [2.75, 3.05) is 20.6 Å². The second-order valence-electron chi connectivity index (χ2n) is 14.8. The van der Waals surface area contributed by atoms with Gasteiger partial charge in [0.1, 0.15) is 12.2 Å². The van der Waals surface area contributed by atoms with E-state index in [9.17, 15) is 34.5 Å². The topological polar surface area (TPSA) is 163 Å². The number of fused-ring (bicyclic) bond motifs is 1. The third-order valence-corrected chi connectivity index (χ3v) is 10.7. The van der Waals surface area contributed by atoms with Gasteiger partial charge in [-0.2, -0.15) is 0 Å². The van der Waals surface area contributed by atoms with Crippen LogP contribution in [0.4, 0.5) is 0 Å². The van der Waals surface area contributed by atoms with Crippen molar-refractivity contribution in [3.05, 3.63) is 59.2 Å². The van der Waals surface area contributed by atoms with Gasteiger partial charge < -0.3 is 34.4 Å². The molecule has 0 spiro atoms. The number of allylic oxidation sites excluding steroid dienone is 3. The zero-order valence-corrected chi connectivity index (χ0v) is 31.1. The molecule has 12 atom stereocenters. The smallest absolute Gasteiger partial charge is 0.308 e. The fourth-order valence-corrected chi connectivity index (χ4v) is 7.59. The van der Waals surface area contributed by atoms with Crippen molar-refractivity contribution >= 4 is 23.6 Å². The zero-order valence-electron chi connectivity index (χ0n) is 31.1. The standard InChI is InChI=1S/C39H56N2O10/c1-9-31-23(4)18-21(2)14-15-29(42)22(3)19-26(16-17-41-37(47)27-12-10-11-13-28(27)38(41)48)36(24(5)30(43)20-32(44)50-31)51-39-35(46)33(40(7)8)34(45)25(6)49-39/h10-15,18,22-26,30-31,33-36,39,43,45-46H,9,16-17,19-20H2,1-8H3/b15-14+,21-18+/t22-,23+,24+,25-,26+,30-,31-,33+,34-,35-,36-,39+/m1/s1. The number of nitrogens with zero attached hydrogens (tertiary/aromatic N) is 2. The van der Waals surface area contributed by atoms with Crippen molar-refractivity contribution < 1.29 is 48.7 Å². The van der Waals surface area contributed by atoms with E-state index in [1.807, 2.05) is 26.8 Å². The Balaban J connectivity index is 1.74. The number of amides is 2. The van der Waals surface area contributed by atoms with Gasteiger partial charge in [-0.25, -0.2) is 0 Å². The monoisotopic (exact) mass is 712 g/mol. The Hall–Kier alpha value is -3.26. The average Bonchev–Trinajstić information content (AvgIpc) is 3.32. The largest absolute Gasteiger partial charge is 0.462 e. The van der Waals surface area contributed by atoms with Gasteiger partial charge in [-0.3, -0.25) is 24.1 Å². The third kappa shape index (κ3) is 9.40. The van der Waals surface area contributed by atoms with E-state index in [2.05, 4.69) is 0 Å². The van der Waals surface area contributed by atoms with Crippen molar-refractivity contribution in [1.82, 2.24) is 9.80 Å². The van der Waals surface area contributed by atoms with E-state index in [4.69, 9.17) is 14.2 Å². The van der Waals surface area contributed by atoms with Crippen LogP contribution in [0.1, 0.15) is 87.9 Å². The maximum absolute atomic E-state index is 13.6. The van der Waals surface area contributed by atoms with Crippen molar-refractivity contribution in [3.63, 3.8) is 0 Å². The normalized spacial score (nSPS) is 37.6. The highest BCUT2D eigenvalue weighted by atomic mass is 16.7. The Bertz CT molecular complexity index is 1440. The number of carbonyl (C=O) groups is 4. The van der Waals surface area contributed by atoms with Crippen molar-refractivity contribution in [3.8, 4) is 0 Å². The number of imide groups is 1. The molecule has 0 saturated carbocycles. The Labute approximate surface area is 301 Å². The summed E-state index contributed by atoms with van der Waals surface area (Å²) in [5, 5.41) is 33.9. The number of likely N-dealkylation sites (N-methyl/N-ethyl adjacent to an activating group) is 1. The molecule has 3 heterocycles. The molecule has 282 valence electrons. The summed E-state index contributed by atoms with van der Waals surface area (Å²) in [6.07, 6.45) is -1.12. The maximum Gasteiger partial charge on any atom is 0.308 e. The number of aliphatic hydroxyl groups excluding tert-OH is 3. The van der Waals surface area contributed by atoms with Crippen molar-refractivity contribution in [1.29, 1.82) is 0 Å². The summed E-state index contributed by atoms with van der Waals surface area (Å²) in [5.74, 6) is -3.60. The van der Waals surface area contributed by atoms with Crippen LogP contribution in [0.25, 0.3) is 0 Å². The zero-order chi connectivity index (χ0) is 37.7. The first-order chi connectivity index (χ1) is 24.0. The Morgan fingerprint density at radius 3 is 2.16 bits per heavy atom. The minimum atomic E-state index is -1.30. The van der Waals surface area contributed by atoms with E-state index in [0.717, 1.165) is 5.57 Å². The van der Waals surface area contributed by atoms with Crippen LogP contribution in [0.2, 0.25) is 0 Å². The maximum atomic E-state index is 13.6. The molecule has 12 heteroatoms. The lowest BCUT2D eigenvalue weighted by Crippen LogP contribution is -2.63. The summed E-state index contributed by atoms with van der Waals surface area (Å²) in [5.41, 5.74) is 1.46. The van der Waals surface area contributed by atoms with E-state index < -0.39 is 84.5 Å². The van der Waals surface area contributed by atoms with Gasteiger partial charge in [-0.15, -0.1) is 0 Å². The first-order valence-electron chi connectivity index (χ1n) is 18.1. The van der Waals surface area contributed by atoms with Crippen molar-refractivity contribution in [2.24, 2.45) is 23.7 Å². The SMILES string of the molecule is CC[C@H]1OC(=O)C[C@@H](O)[C@H](C)[C@@H](O[C@@H]2O[C@H](C)[C@@H](O)[C@H](N(C)C)[C@H]2O)[C@@H](CCN2C(=O)c3ccccc3C2=O)C[C@@H](C)C(=O)/C=C/C(C)=C/[C@@H]1C. The number of ketones is 1. The Morgan fingerprint density at radius 2 is 1.57 bits per heavy atom. The molecule has 3 N–H and O–H groups in total. The fourth-order valence-electron chi connectivity index (χ4n) is 7.59. The van der Waals surface area contributed by atoms with Gasteiger partial charge in [0.2, 0.25) is 0 Å². The molecule has 0 aromatic heterocycles. The van der Waals surface area contributed by atoms with Crippen LogP contribution < -0.4 is 0 Å². The van der Waals surface area contributed by atoms with Gasteiger partial charge in [0, 0.05) is 24.3 Å². The molecular weight excluding hydrogens is 656 g/mol. The summed E-state index contributed by atoms with van der Waals surface area (Å²) < 4.78 is 18.5. The minimum absolute atomic E-state index is 0.0000879. The second kappa shape index (κ2) is 17.5. The molecule has 1 fully saturated rings. The van der Waals surface area contributed by atoms with E-state index in [0.29, 0.717) is 17.5 Å². The quantitative estimate of drug-likeness (QED) is 0.280. The van der Waals surface area contributed by atoms with Gasteiger partial charge >= 0.3 is 5.97 Å². The Kier molecular flexibility index (Phi) is 13.9. The molecule has 51 heavy (non-hydrogen) atoms. The molecule has 3 aliphatic heterocycles. The molecule has 1 aromatic rings. The van der Waals surface area contributed by atoms with Gasteiger partial charge in [-0.1, -0.05) is 57.6 Å². The summed E-state index contributed by atoms with van der Waals surface area (Å²) >= 11 is 0. The molecule has 4 rings (SSSR count). The highest BCUT2D eigenvalue weighted by Crippen LogP contribution is 2.35. The molecule has 2 amide bonds. The number of hydrogen-bond donors (Lipinski definition) is 3. The highest BCUT2D eigenvalue weighted by molar-refractivity contribution is 6.21. The molecule has 1 aromatic carbocycles. The molecule has 0 bridgehead atoms. The molecular formula is C39H56N2O10. The highest BCUT2D eigenvalue weighted by Gasteiger charge is 2.47. The van der Waals surface area contributed by atoms with E-state index in [1.54, 1.807) is 70.1 Å². The van der Waals surface area contributed by atoms with E-state index in [1.165, 1.54) is 11.0 Å². The van der Waals surface area contributed by atoms with Gasteiger partial charge in [-0.05, 0) is 71.3 Å². The first kappa shape index (κ1) is 40.5. The number of ether oxygens (including phenoxy) is 3. The minimum Gasteiger partial charge on any atom is -0.462 e. The van der Waals surface area contributed by atoms with Crippen LogP contribution in [-0.2, 0) is 23.8 Å². The summed E-state index contributed by atoms with van der Waals surface area (Å²) in [6.45, 7) is 10.9. The van der Waals surface area contributed by atoms with Crippen molar-refractivity contribution in [2.45, 2.75) is 116 Å². The fraction of sp³-hybridized carbons (Fsp3) is 0.641. The van der Waals surface area contributed by atoms with Gasteiger partial charge in [0.15, 0.2) is 12.1 Å². The van der Waals surface area contributed by atoms with E-state index >= 15 is 0 Å². The van der Waals surface area contributed by atoms with Crippen LogP contribution in [0.3, 0.4) is 0 Å². The van der Waals surface area contributed by atoms with Gasteiger partial charge in [0.25, 0.3) is 11.8 Å². The molecule has 1 saturated heterocycles.